The van der Waals surface area contributed by atoms with Crippen molar-refractivity contribution in [1.82, 2.24) is 0 Å². The first-order valence-corrected chi connectivity index (χ1v) is 4.90. The molecule has 0 aliphatic rings. The van der Waals surface area contributed by atoms with Crippen molar-refractivity contribution in [1.29, 1.82) is 0 Å². The van der Waals surface area contributed by atoms with E-state index < -0.39 is 23.1 Å². The van der Waals surface area contributed by atoms with Gasteiger partial charge < -0.3 is 5.11 Å². The van der Waals surface area contributed by atoms with E-state index >= 15 is 0 Å². The molecule has 1 aromatic carbocycles. The summed E-state index contributed by atoms with van der Waals surface area (Å²) in [6.07, 6.45) is -0.695. The van der Waals surface area contributed by atoms with Gasteiger partial charge in [-0.25, -0.2) is 0 Å². The standard InChI is InChI=1S/C9H6BrNO5/c10-7-2-1-5(11(15)16)3-6(7)8(12)4-9(13)14/h1-3H,4H2,(H,13,14). The second-order valence-electron chi connectivity index (χ2n) is 2.91. The number of carboxylic acids is 1. The molecule has 6 nitrogen and oxygen atoms in total. The second-order valence-corrected chi connectivity index (χ2v) is 3.77. The zero-order valence-corrected chi connectivity index (χ0v) is 9.43. The lowest BCUT2D eigenvalue weighted by atomic mass is 10.1. The molecule has 0 spiro atoms. The maximum atomic E-state index is 11.4. The fourth-order valence-corrected chi connectivity index (χ4v) is 1.54. The molecule has 0 bridgehead atoms. The van der Waals surface area contributed by atoms with Gasteiger partial charge in [-0.3, -0.25) is 19.7 Å². The Hall–Kier alpha value is -1.76. The van der Waals surface area contributed by atoms with Gasteiger partial charge in [-0.05, 0) is 6.07 Å². The number of carbonyl (C=O) groups is 2. The van der Waals surface area contributed by atoms with E-state index in [-0.39, 0.29) is 11.3 Å². The van der Waals surface area contributed by atoms with E-state index in [1.54, 1.807) is 0 Å². The minimum absolute atomic E-state index is 0.00315. The Kier molecular flexibility index (Phi) is 3.73. The van der Waals surface area contributed by atoms with Crippen molar-refractivity contribution < 1.29 is 19.6 Å². The van der Waals surface area contributed by atoms with Crippen LogP contribution in [0.2, 0.25) is 0 Å². The summed E-state index contributed by atoms with van der Waals surface area (Å²) < 4.78 is 0.337. The quantitative estimate of drug-likeness (QED) is 0.395. The highest BCUT2D eigenvalue weighted by Crippen LogP contribution is 2.23. The van der Waals surface area contributed by atoms with Gasteiger partial charge in [0.15, 0.2) is 5.78 Å². The van der Waals surface area contributed by atoms with Gasteiger partial charge in [-0.1, -0.05) is 15.9 Å². The molecular formula is C9H6BrNO5. The number of aliphatic carboxylic acids is 1. The van der Waals surface area contributed by atoms with E-state index in [1.807, 2.05) is 0 Å². The lowest BCUT2D eigenvalue weighted by molar-refractivity contribution is -0.384. The zero-order chi connectivity index (χ0) is 12.3. The summed E-state index contributed by atoms with van der Waals surface area (Å²) >= 11 is 3.03. The predicted octanol–water partition coefficient (Wildman–Crippen LogP) is 2.01. The van der Waals surface area contributed by atoms with Crippen LogP contribution in [-0.4, -0.2) is 21.8 Å². The number of nitrogens with zero attached hydrogens (tertiary/aromatic N) is 1. The molecule has 7 heteroatoms. The maximum Gasteiger partial charge on any atom is 0.311 e. The van der Waals surface area contributed by atoms with Crippen LogP contribution in [-0.2, 0) is 4.79 Å². The number of nitro benzene ring substituents is 1. The van der Waals surface area contributed by atoms with Crippen molar-refractivity contribution in [2.24, 2.45) is 0 Å². The van der Waals surface area contributed by atoms with Crippen LogP contribution in [0.25, 0.3) is 0 Å². The number of benzene rings is 1. The molecular weight excluding hydrogens is 282 g/mol. The number of ketones is 1. The van der Waals surface area contributed by atoms with E-state index in [0.29, 0.717) is 4.47 Å². The molecule has 0 saturated carbocycles. The molecule has 0 aliphatic carbocycles. The van der Waals surface area contributed by atoms with Gasteiger partial charge in [0.1, 0.15) is 6.42 Å². The van der Waals surface area contributed by atoms with Crippen LogP contribution >= 0.6 is 15.9 Å². The van der Waals surface area contributed by atoms with Gasteiger partial charge in [-0.2, -0.15) is 0 Å². The molecule has 1 aromatic rings. The molecule has 84 valence electrons. The van der Waals surface area contributed by atoms with Crippen molar-refractivity contribution in [2.75, 3.05) is 0 Å². The first-order chi connectivity index (χ1) is 7.41. The van der Waals surface area contributed by atoms with Crippen LogP contribution < -0.4 is 0 Å². The zero-order valence-electron chi connectivity index (χ0n) is 7.84. The van der Waals surface area contributed by atoms with Gasteiger partial charge in [0.25, 0.3) is 5.69 Å². The summed E-state index contributed by atoms with van der Waals surface area (Å²) in [6, 6.07) is 3.62. The summed E-state index contributed by atoms with van der Waals surface area (Å²) in [4.78, 5) is 31.6. The fourth-order valence-electron chi connectivity index (χ4n) is 1.07. The van der Waals surface area contributed by atoms with Crippen molar-refractivity contribution in [3.63, 3.8) is 0 Å². The van der Waals surface area contributed by atoms with Crippen molar-refractivity contribution in [2.45, 2.75) is 6.42 Å². The Bertz CT molecular complexity index is 471. The average molecular weight is 288 g/mol. The number of carboxylic acid groups (broad SMARTS) is 1. The largest absolute Gasteiger partial charge is 0.481 e. The summed E-state index contributed by atoms with van der Waals surface area (Å²) in [5.41, 5.74) is -0.256. The number of carbonyl (C=O) groups excluding carboxylic acids is 1. The molecule has 0 unspecified atom stereocenters. The number of non-ortho nitro benzene ring substituents is 1. The molecule has 16 heavy (non-hydrogen) atoms. The van der Waals surface area contributed by atoms with E-state index in [0.717, 1.165) is 6.07 Å². The number of rotatable bonds is 4. The van der Waals surface area contributed by atoms with Gasteiger partial charge in [0.2, 0.25) is 0 Å². The van der Waals surface area contributed by atoms with Gasteiger partial charge in [0, 0.05) is 22.2 Å². The normalized spacial score (nSPS) is 9.81. The Morgan fingerprint density at radius 1 is 1.44 bits per heavy atom. The third-order valence-corrected chi connectivity index (χ3v) is 2.46. The fraction of sp³-hybridized carbons (Fsp3) is 0.111. The topological polar surface area (TPSA) is 97.5 Å². The minimum atomic E-state index is -1.27. The highest BCUT2D eigenvalue weighted by atomic mass is 79.9. The van der Waals surface area contributed by atoms with Crippen molar-refractivity contribution in [3.8, 4) is 0 Å². The van der Waals surface area contributed by atoms with Gasteiger partial charge >= 0.3 is 5.97 Å². The lowest BCUT2D eigenvalue weighted by Crippen LogP contribution is -2.08. The molecule has 1 rings (SSSR count). The molecule has 0 aromatic heterocycles. The smallest absolute Gasteiger partial charge is 0.311 e. The number of nitro groups is 1. The first kappa shape index (κ1) is 12.3. The number of Topliss-reactive ketones (excluding diaryl/α,β-unsaturated/α-hetero) is 1. The van der Waals surface area contributed by atoms with E-state index in [2.05, 4.69) is 15.9 Å². The van der Waals surface area contributed by atoms with Crippen molar-refractivity contribution >= 4 is 33.4 Å². The molecule has 0 saturated heterocycles. The van der Waals surface area contributed by atoms with Gasteiger partial charge in [0.05, 0.1) is 4.92 Å². The Morgan fingerprint density at radius 3 is 2.56 bits per heavy atom. The van der Waals surface area contributed by atoms with Crippen LogP contribution in [0.15, 0.2) is 22.7 Å². The second kappa shape index (κ2) is 4.84. The highest BCUT2D eigenvalue weighted by Gasteiger charge is 2.17. The Morgan fingerprint density at radius 2 is 2.06 bits per heavy atom. The molecule has 0 fully saturated rings. The Balaban J connectivity index is 3.11. The van der Waals surface area contributed by atoms with Crippen LogP contribution in [0.1, 0.15) is 16.8 Å². The maximum absolute atomic E-state index is 11.4. The highest BCUT2D eigenvalue weighted by molar-refractivity contribution is 9.10. The molecule has 1 N–H and O–H groups in total. The summed E-state index contributed by atoms with van der Waals surface area (Å²) in [5, 5.41) is 18.9. The SMILES string of the molecule is O=C(O)CC(=O)c1cc([N+](=O)[O-])ccc1Br. The third-order valence-electron chi connectivity index (χ3n) is 1.77. The molecule has 0 amide bonds. The van der Waals surface area contributed by atoms with Crippen molar-refractivity contribution in [3.05, 3.63) is 38.3 Å². The minimum Gasteiger partial charge on any atom is -0.481 e. The van der Waals surface area contributed by atoms with E-state index in [9.17, 15) is 19.7 Å². The Labute approximate surface area is 98.2 Å². The monoisotopic (exact) mass is 287 g/mol. The number of halogens is 1. The average Bonchev–Trinajstić information content (AvgIpc) is 2.16. The molecule has 0 heterocycles. The molecule has 0 aliphatic heterocycles. The van der Waals surface area contributed by atoms with Crippen LogP contribution in [0.3, 0.4) is 0 Å². The van der Waals surface area contributed by atoms with Crippen LogP contribution in [0.5, 0.6) is 0 Å². The van der Waals surface area contributed by atoms with E-state index in [4.69, 9.17) is 5.11 Å². The third kappa shape index (κ3) is 2.86. The van der Waals surface area contributed by atoms with Crippen LogP contribution in [0.4, 0.5) is 5.69 Å². The van der Waals surface area contributed by atoms with Crippen LogP contribution in [0, 0.1) is 10.1 Å². The first-order valence-electron chi connectivity index (χ1n) is 4.10. The molecule has 0 radical (unpaired) electrons. The van der Waals surface area contributed by atoms with E-state index in [1.165, 1.54) is 12.1 Å². The number of hydrogen-bond donors (Lipinski definition) is 1. The summed E-state index contributed by atoms with van der Waals surface area (Å²) in [6.45, 7) is 0. The van der Waals surface area contributed by atoms with Gasteiger partial charge in [-0.15, -0.1) is 0 Å². The lowest BCUT2D eigenvalue weighted by Gasteiger charge is -2.01. The summed E-state index contributed by atoms with van der Waals surface area (Å²) in [5.74, 6) is -1.95. The summed E-state index contributed by atoms with van der Waals surface area (Å²) in [7, 11) is 0. The predicted molar refractivity (Wildman–Crippen MR) is 57.4 cm³/mol. The molecule has 0 atom stereocenters. The number of hydrogen-bond acceptors (Lipinski definition) is 4.